The highest BCUT2D eigenvalue weighted by atomic mass is 32.1. The summed E-state index contributed by atoms with van der Waals surface area (Å²) in [6, 6.07) is 8.05. The van der Waals surface area contributed by atoms with Gasteiger partial charge in [-0.25, -0.2) is 4.98 Å². The lowest BCUT2D eigenvalue weighted by atomic mass is 10.1. The Labute approximate surface area is 140 Å². The van der Waals surface area contributed by atoms with Gasteiger partial charge in [0.2, 0.25) is 5.91 Å². The Morgan fingerprint density at radius 1 is 1.30 bits per heavy atom. The molecule has 23 heavy (non-hydrogen) atoms. The van der Waals surface area contributed by atoms with Crippen LogP contribution in [0.25, 0.3) is 11.3 Å². The van der Waals surface area contributed by atoms with Crippen molar-refractivity contribution < 1.29 is 9.53 Å². The second-order valence-corrected chi connectivity index (χ2v) is 6.58. The number of amides is 1. The van der Waals surface area contributed by atoms with Crippen LogP contribution in [0.4, 0.5) is 5.13 Å². The summed E-state index contributed by atoms with van der Waals surface area (Å²) in [6.07, 6.45) is 0. The third-order valence-electron chi connectivity index (χ3n) is 4.05. The highest BCUT2D eigenvalue weighted by Gasteiger charge is 2.23. The minimum atomic E-state index is -0.175. The zero-order valence-electron chi connectivity index (χ0n) is 13.4. The molecule has 1 aliphatic rings. The lowest BCUT2D eigenvalue weighted by molar-refractivity contribution is -0.122. The molecule has 1 aromatic heterocycles. The predicted octanol–water partition coefficient (Wildman–Crippen LogP) is 2.78. The molecular weight excluding hydrogens is 310 g/mol. The summed E-state index contributed by atoms with van der Waals surface area (Å²) >= 11 is 1.45. The molecule has 0 bridgehead atoms. The lowest BCUT2D eigenvalue weighted by Gasteiger charge is -2.31. The fourth-order valence-corrected chi connectivity index (χ4v) is 3.25. The normalized spacial score (nSPS) is 17.0. The van der Waals surface area contributed by atoms with Crippen molar-refractivity contribution in [2.24, 2.45) is 0 Å². The number of hydrogen-bond donors (Lipinski definition) is 1. The van der Waals surface area contributed by atoms with Crippen LogP contribution in [0.5, 0.6) is 0 Å². The molecule has 0 unspecified atom stereocenters. The molecule has 2 heterocycles. The van der Waals surface area contributed by atoms with Crippen molar-refractivity contribution in [2.45, 2.75) is 19.9 Å². The van der Waals surface area contributed by atoms with E-state index >= 15 is 0 Å². The molecule has 1 aromatic carbocycles. The zero-order chi connectivity index (χ0) is 16.2. The highest BCUT2D eigenvalue weighted by Crippen LogP contribution is 2.25. The predicted molar refractivity (Wildman–Crippen MR) is 92.8 cm³/mol. The average Bonchev–Trinajstić information content (AvgIpc) is 3.04. The zero-order valence-corrected chi connectivity index (χ0v) is 14.2. The van der Waals surface area contributed by atoms with Crippen molar-refractivity contribution in [2.75, 3.05) is 31.6 Å². The average molecular weight is 331 g/mol. The van der Waals surface area contributed by atoms with E-state index in [9.17, 15) is 4.79 Å². The monoisotopic (exact) mass is 331 g/mol. The van der Waals surface area contributed by atoms with Gasteiger partial charge < -0.3 is 10.1 Å². The Morgan fingerprint density at radius 3 is 2.70 bits per heavy atom. The first kappa shape index (κ1) is 16.1. The minimum Gasteiger partial charge on any atom is -0.379 e. The first-order valence-corrected chi connectivity index (χ1v) is 8.66. The molecule has 1 N–H and O–H groups in total. The molecule has 6 heteroatoms. The number of rotatable bonds is 4. The van der Waals surface area contributed by atoms with Gasteiger partial charge in [-0.15, -0.1) is 11.3 Å². The number of aryl methyl sites for hydroxylation is 1. The number of carbonyl (C=O) groups is 1. The van der Waals surface area contributed by atoms with Crippen molar-refractivity contribution in [1.29, 1.82) is 0 Å². The Morgan fingerprint density at radius 2 is 2.00 bits per heavy atom. The van der Waals surface area contributed by atoms with Crippen LogP contribution < -0.4 is 5.32 Å². The molecule has 0 saturated carbocycles. The van der Waals surface area contributed by atoms with E-state index in [0.717, 1.165) is 24.3 Å². The summed E-state index contributed by atoms with van der Waals surface area (Å²) in [5.74, 6) is -0.0169. The van der Waals surface area contributed by atoms with Gasteiger partial charge in [-0.2, -0.15) is 0 Å². The summed E-state index contributed by atoms with van der Waals surface area (Å²) < 4.78 is 5.32. The molecule has 1 aliphatic heterocycles. The van der Waals surface area contributed by atoms with E-state index in [0.29, 0.717) is 18.3 Å². The Balaban J connectivity index is 1.64. The van der Waals surface area contributed by atoms with E-state index in [1.165, 1.54) is 16.9 Å². The van der Waals surface area contributed by atoms with Crippen LogP contribution in [-0.4, -0.2) is 48.1 Å². The molecule has 122 valence electrons. The molecule has 1 atom stereocenters. The smallest absolute Gasteiger partial charge is 0.243 e. The third kappa shape index (κ3) is 3.96. The summed E-state index contributed by atoms with van der Waals surface area (Å²) in [4.78, 5) is 19.0. The van der Waals surface area contributed by atoms with Gasteiger partial charge in [0.25, 0.3) is 0 Å². The third-order valence-corrected chi connectivity index (χ3v) is 4.81. The van der Waals surface area contributed by atoms with Gasteiger partial charge in [0, 0.05) is 24.0 Å². The molecule has 0 spiro atoms. The van der Waals surface area contributed by atoms with Crippen LogP contribution in [0.1, 0.15) is 12.5 Å². The van der Waals surface area contributed by atoms with Crippen LogP contribution >= 0.6 is 11.3 Å². The Hall–Kier alpha value is -1.76. The number of nitrogens with zero attached hydrogens (tertiary/aromatic N) is 2. The molecule has 3 rings (SSSR count). The molecule has 1 saturated heterocycles. The maximum Gasteiger partial charge on any atom is 0.243 e. The minimum absolute atomic E-state index is 0.0169. The van der Waals surface area contributed by atoms with E-state index in [-0.39, 0.29) is 11.9 Å². The SMILES string of the molecule is Cc1ccc(-c2csc(NC(=O)[C@@H](C)N3CCOCC3)n2)cc1. The molecule has 5 nitrogen and oxygen atoms in total. The first-order valence-electron chi connectivity index (χ1n) is 7.79. The highest BCUT2D eigenvalue weighted by molar-refractivity contribution is 7.14. The number of thiazole rings is 1. The maximum absolute atomic E-state index is 12.4. The molecular formula is C17H21N3O2S. The summed E-state index contributed by atoms with van der Waals surface area (Å²) in [5, 5.41) is 5.54. The van der Waals surface area contributed by atoms with Crippen LogP contribution in [-0.2, 0) is 9.53 Å². The fraction of sp³-hybridized carbons (Fsp3) is 0.412. The van der Waals surface area contributed by atoms with E-state index in [2.05, 4.69) is 34.3 Å². The number of aromatic nitrogens is 1. The van der Waals surface area contributed by atoms with Crippen LogP contribution in [0.15, 0.2) is 29.6 Å². The van der Waals surface area contributed by atoms with Crippen molar-refractivity contribution >= 4 is 22.4 Å². The molecule has 0 radical (unpaired) electrons. The number of benzene rings is 1. The summed E-state index contributed by atoms with van der Waals surface area (Å²) in [6.45, 7) is 6.94. The number of morpholine rings is 1. The van der Waals surface area contributed by atoms with Gasteiger partial charge in [0.1, 0.15) is 0 Å². The van der Waals surface area contributed by atoms with E-state index < -0.39 is 0 Å². The quantitative estimate of drug-likeness (QED) is 0.936. The van der Waals surface area contributed by atoms with Crippen molar-refractivity contribution in [3.05, 3.63) is 35.2 Å². The van der Waals surface area contributed by atoms with E-state index in [4.69, 9.17) is 4.74 Å². The second-order valence-electron chi connectivity index (χ2n) is 5.72. The van der Waals surface area contributed by atoms with E-state index in [1.54, 1.807) is 0 Å². The maximum atomic E-state index is 12.4. The summed E-state index contributed by atoms with van der Waals surface area (Å²) in [7, 11) is 0. The molecule has 1 amide bonds. The van der Waals surface area contributed by atoms with Gasteiger partial charge >= 0.3 is 0 Å². The first-order chi connectivity index (χ1) is 11.1. The van der Waals surface area contributed by atoms with Crippen LogP contribution in [0.2, 0.25) is 0 Å². The number of hydrogen-bond acceptors (Lipinski definition) is 5. The Kier molecular flexibility index (Phi) is 5.05. The van der Waals surface area contributed by atoms with Gasteiger partial charge in [0.05, 0.1) is 24.9 Å². The van der Waals surface area contributed by atoms with Gasteiger partial charge in [-0.3, -0.25) is 9.69 Å². The van der Waals surface area contributed by atoms with Crippen LogP contribution in [0.3, 0.4) is 0 Å². The largest absolute Gasteiger partial charge is 0.379 e. The van der Waals surface area contributed by atoms with Crippen LogP contribution in [0, 0.1) is 6.92 Å². The van der Waals surface area contributed by atoms with Crippen molar-refractivity contribution in [3.63, 3.8) is 0 Å². The van der Waals surface area contributed by atoms with Gasteiger partial charge in [0.15, 0.2) is 5.13 Å². The Bertz CT molecular complexity index is 663. The number of nitrogens with one attached hydrogen (secondary N) is 1. The van der Waals surface area contributed by atoms with Gasteiger partial charge in [-0.1, -0.05) is 29.8 Å². The number of anilines is 1. The standard InChI is InChI=1S/C17H21N3O2S/c1-12-3-5-14(6-4-12)15-11-23-17(18-15)19-16(21)13(2)20-7-9-22-10-8-20/h3-6,11,13H,7-10H2,1-2H3,(H,18,19,21)/t13-/m1/s1. The van der Waals surface area contributed by atoms with Gasteiger partial charge in [-0.05, 0) is 13.8 Å². The van der Waals surface area contributed by atoms with E-state index in [1.807, 2.05) is 24.4 Å². The number of carbonyl (C=O) groups excluding carboxylic acids is 1. The summed E-state index contributed by atoms with van der Waals surface area (Å²) in [5.41, 5.74) is 3.18. The molecule has 1 fully saturated rings. The molecule has 0 aliphatic carbocycles. The van der Waals surface area contributed by atoms with Crippen molar-refractivity contribution in [1.82, 2.24) is 9.88 Å². The topological polar surface area (TPSA) is 54.5 Å². The number of ether oxygens (including phenoxy) is 1. The fourth-order valence-electron chi connectivity index (χ4n) is 2.53. The lowest BCUT2D eigenvalue weighted by Crippen LogP contribution is -2.47. The second kappa shape index (κ2) is 7.21. The molecule has 2 aromatic rings. The van der Waals surface area contributed by atoms with Crippen molar-refractivity contribution in [3.8, 4) is 11.3 Å².